The Morgan fingerprint density at radius 2 is 2.21 bits per heavy atom. The van der Waals surface area contributed by atoms with Gasteiger partial charge in [0, 0.05) is 51.7 Å². The average Bonchev–Trinajstić information content (AvgIpc) is 3.10. The molecule has 10 heteroatoms. The van der Waals surface area contributed by atoms with Crippen LogP contribution in [0.3, 0.4) is 0 Å². The zero-order valence-electron chi connectivity index (χ0n) is 16.3. The van der Waals surface area contributed by atoms with Gasteiger partial charge in [-0.25, -0.2) is 4.98 Å². The number of aryl methyl sites for hydroxylation is 1. The molecule has 1 N–H and O–H groups in total. The molecule has 28 heavy (non-hydrogen) atoms. The number of pyridine rings is 1. The number of aliphatic imine (C=N–C) groups is 1. The zero-order chi connectivity index (χ0) is 19.2. The number of hydrogen-bond acceptors (Lipinski definition) is 5. The van der Waals surface area contributed by atoms with Gasteiger partial charge in [-0.05, 0) is 13.0 Å². The molecule has 152 valence electrons. The smallest absolute Gasteiger partial charge is 0.246 e. The fraction of sp³-hybridized carbons (Fsp3) is 0.444. The van der Waals surface area contributed by atoms with Crippen molar-refractivity contribution in [2.75, 3.05) is 38.2 Å². The summed E-state index contributed by atoms with van der Waals surface area (Å²) in [5.41, 5.74) is 1.77. The molecule has 0 spiro atoms. The summed E-state index contributed by atoms with van der Waals surface area (Å²) in [6.45, 7) is 4.54. The van der Waals surface area contributed by atoms with Gasteiger partial charge in [0.05, 0.1) is 18.5 Å². The van der Waals surface area contributed by atoms with Crippen LogP contribution >= 0.6 is 24.0 Å². The number of carbonyl (C=O) groups excluding carboxylic acids is 1. The van der Waals surface area contributed by atoms with Crippen molar-refractivity contribution in [3.63, 3.8) is 0 Å². The molecule has 0 radical (unpaired) electrons. The Hall–Kier alpha value is -2.37. The van der Waals surface area contributed by atoms with Crippen LogP contribution in [0.1, 0.15) is 12.5 Å². The first kappa shape index (κ1) is 21.9. The van der Waals surface area contributed by atoms with Gasteiger partial charge in [0.25, 0.3) is 0 Å². The molecule has 1 aliphatic heterocycles. The van der Waals surface area contributed by atoms with Gasteiger partial charge < -0.3 is 19.9 Å². The van der Waals surface area contributed by atoms with Crippen molar-refractivity contribution in [3.8, 4) is 5.88 Å². The topological polar surface area (TPSA) is 87.9 Å². The van der Waals surface area contributed by atoms with E-state index >= 15 is 0 Å². The summed E-state index contributed by atoms with van der Waals surface area (Å²) in [5.74, 6) is 1.31. The summed E-state index contributed by atoms with van der Waals surface area (Å²) in [6, 6.07) is 3.84. The lowest BCUT2D eigenvalue weighted by molar-refractivity contribution is -0.120. The summed E-state index contributed by atoms with van der Waals surface area (Å²) >= 11 is 0. The van der Waals surface area contributed by atoms with Crippen molar-refractivity contribution in [1.82, 2.24) is 25.0 Å². The number of carbonyl (C=O) groups is 1. The third kappa shape index (κ3) is 5.12. The fourth-order valence-corrected chi connectivity index (χ4v) is 3.01. The highest BCUT2D eigenvalue weighted by molar-refractivity contribution is 14.0. The van der Waals surface area contributed by atoms with Gasteiger partial charge >= 0.3 is 0 Å². The van der Waals surface area contributed by atoms with E-state index in [2.05, 4.69) is 20.4 Å². The molecule has 0 saturated carbocycles. The number of nitrogens with zero attached hydrogens (tertiary/aromatic N) is 6. The van der Waals surface area contributed by atoms with Crippen LogP contribution in [0.4, 0.5) is 5.69 Å². The SMILES string of the molecule is CCOc1ncccc1CNC(=NC)N1CCN(c2cnn(C)c2)C(=O)C1.I. The van der Waals surface area contributed by atoms with Gasteiger partial charge in [0.2, 0.25) is 11.8 Å². The highest BCUT2D eigenvalue weighted by Crippen LogP contribution is 2.17. The van der Waals surface area contributed by atoms with Crippen LogP contribution in [0, 0.1) is 0 Å². The number of ether oxygens (including phenoxy) is 1. The Bertz CT molecular complexity index is 824. The molecule has 1 saturated heterocycles. The van der Waals surface area contributed by atoms with E-state index in [-0.39, 0.29) is 36.4 Å². The number of hydrogen-bond donors (Lipinski definition) is 1. The number of anilines is 1. The predicted octanol–water partition coefficient (Wildman–Crippen LogP) is 1.26. The lowest BCUT2D eigenvalue weighted by atomic mass is 10.2. The number of aromatic nitrogens is 3. The van der Waals surface area contributed by atoms with Gasteiger partial charge in [-0.15, -0.1) is 24.0 Å². The minimum Gasteiger partial charge on any atom is -0.478 e. The number of piperazine rings is 1. The summed E-state index contributed by atoms with van der Waals surface area (Å²) in [7, 11) is 3.55. The van der Waals surface area contributed by atoms with Crippen LogP contribution < -0.4 is 15.0 Å². The lowest BCUT2D eigenvalue weighted by Gasteiger charge is -2.35. The van der Waals surface area contributed by atoms with E-state index in [1.807, 2.05) is 37.2 Å². The second kappa shape index (κ2) is 10.2. The normalized spacial score (nSPS) is 14.7. The molecular weight excluding hydrogens is 473 g/mol. The van der Waals surface area contributed by atoms with Crippen LogP contribution in [-0.4, -0.2) is 64.8 Å². The van der Waals surface area contributed by atoms with E-state index in [4.69, 9.17) is 4.74 Å². The predicted molar refractivity (Wildman–Crippen MR) is 118 cm³/mol. The van der Waals surface area contributed by atoms with E-state index < -0.39 is 0 Å². The molecule has 0 atom stereocenters. The van der Waals surface area contributed by atoms with Crippen molar-refractivity contribution in [2.45, 2.75) is 13.5 Å². The summed E-state index contributed by atoms with van der Waals surface area (Å²) in [4.78, 5) is 24.9. The number of guanidine groups is 1. The second-order valence-corrected chi connectivity index (χ2v) is 6.14. The molecule has 0 unspecified atom stereocenters. The van der Waals surface area contributed by atoms with Crippen molar-refractivity contribution in [3.05, 3.63) is 36.3 Å². The molecule has 1 fully saturated rings. The van der Waals surface area contributed by atoms with Crippen molar-refractivity contribution in [2.24, 2.45) is 12.0 Å². The molecule has 1 amide bonds. The third-order valence-corrected chi connectivity index (χ3v) is 4.30. The third-order valence-electron chi connectivity index (χ3n) is 4.30. The molecule has 2 aromatic heterocycles. The van der Waals surface area contributed by atoms with Gasteiger partial charge in [0.1, 0.15) is 6.54 Å². The standard InChI is InChI=1S/C18H25N7O2.HI/c1-4-27-17-14(6-5-7-20-17)10-21-18(19-2)24-8-9-25(16(26)13-24)15-11-22-23(3)12-15;/h5-7,11-12H,4,8-10,13H2,1-3H3,(H,19,21);1H. The molecule has 0 aliphatic carbocycles. The Morgan fingerprint density at radius 3 is 2.86 bits per heavy atom. The first-order chi connectivity index (χ1) is 13.1. The van der Waals surface area contributed by atoms with Crippen LogP contribution in [0.15, 0.2) is 35.7 Å². The number of amides is 1. The van der Waals surface area contributed by atoms with Crippen LogP contribution in [-0.2, 0) is 18.4 Å². The molecular formula is C18H26IN7O2. The maximum atomic E-state index is 12.6. The fourth-order valence-electron chi connectivity index (χ4n) is 3.01. The largest absolute Gasteiger partial charge is 0.478 e. The molecule has 3 heterocycles. The van der Waals surface area contributed by atoms with E-state index in [1.165, 1.54) is 0 Å². The summed E-state index contributed by atoms with van der Waals surface area (Å²) < 4.78 is 7.25. The molecule has 0 aromatic carbocycles. The Morgan fingerprint density at radius 1 is 1.39 bits per heavy atom. The van der Waals surface area contributed by atoms with Crippen molar-refractivity contribution >= 4 is 41.5 Å². The number of halogens is 1. The Balaban J connectivity index is 0.00000280. The van der Waals surface area contributed by atoms with E-state index in [0.717, 1.165) is 11.3 Å². The van der Waals surface area contributed by atoms with Gasteiger partial charge in [-0.3, -0.25) is 14.5 Å². The number of nitrogens with one attached hydrogen (secondary N) is 1. The Labute approximate surface area is 181 Å². The van der Waals surface area contributed by atoms with Gasteiger partial charge in [0.15, 0.2) is 5.96 Å². The molecule has 0 bridgehead atoms. The highest BCUT2D eigenvalue weighted by Gasteiger charge is 2.27. The first-order valence-electron chi connectivity index (χ1n) is 8.93. The van der Waals surface area contributed by atoms with E-state index in [1.54, 1.807) is 29.0 Å². The summed E-state index contributed by atoms with van der Waals surface area (Å²) in [5, 5.41) is 7.44. The monoisotopic (exact) mass is 499 g/mol. The molecule has 1 aliphatic rings. The highest BCUT2D eigenvalue weighted by atomic mass is 127. The molecule has 3 rings (SSSR count). The van der Waals surface area contributed by atoms with Crippen LogP contribution in [0.25, 0.3) is 0 Å². The first-order valence-corrected chi connectivity index (χ1v) is 8.93. The molecule has 2 aromatic rings. The minimum absolute atomic E-state index is 0. The zero-order valence-corrected chi connectivity index (χ0v) is 18.7. The van der Waals surface area contributed by atoms with Crippen molar-refractivity contribution in [1.29, 1.82) is 0 Å². The second-order valence-electron chi connectivity index (χ2n) is 6.14. The van der Waals surface area contributed by atoms with E-state index in [0.29, 0.717) is 38.1 Å². The minimum atomic E-state index is 0. The Kier molecular flexibility index (Phi) is 8.03. The van der Waals surface area contributed by atoms with Crippen LogP contribution in [0.5, 0.6) is 5.88 Å². The average molecular weight is 499 g/mol. The number of rotatable bonds is 5. The van der Waals surface area contributed by atoms with Gasteiger partial charge in [-0.2, -0.15) is 5.10 Å². The van der Waals surface area contributed by atoms with E-state index in [9.17, 15) is 4.79 Å². The summed E-state index contributed by atoms with van der Waals surface area (Å²) in [6.07, 6.45) is 5.26. The van der Waals surface area contributed by atoms with Crippen molar-refractivity contribution < 1.29 is 9.53 Å². The lowest BCUT2D eigenvalue weighted by Crippen LogP contribution is -2.55. The van der Waals surface area contributed by atoms with Gasteiger partial charge in [-0.1, -0.05) is 6.07 Å². The maximum absolute atomic E-state index is 12.6. The van der Waals surface area contributed by atoms with Crippen LogP contribution in [0.2, 0.25) is 0 Å². The quantitative estimate of drug-likeness (QED) is 0.379. The maximum Gasteiger partial charge on any atom is 0.246 e. The molecule has 9 nitrogen and oxygen atoms in total.